The van der Waals surface area contributed by atoms with Crippen LogP contribution in [0.2, 0.25) is 0 Å². The van der Waals surface area contributed by atoms with E-state index in [1.165, 1.54) is 59.1 Å². The van der Waals surface area contributed by atoms with Gasteiger partial charge in [0.25, 0.3) is 0 Å². The zero-order valence-corrected chi connectivity index (χ0v) is 18.1. The number of para-hydroxylation sites is 1. The van der Waals surface area contributed by atoms with Gasteiger partial charge in [0.2, 0.25) is 0 Å². The average molecular weight is 426 g/mol. The van der Waals surface area contributed by atoms with Gasteiger partial charge in [-0.2, -0.15) is 0 Å². The molecule has 0 amide bonds. The predicted molar refractivity (Wildman–Crippen MR) is 138 cm³/mol. The van der Waals surface area contributed by atoms with Crippen molar-refractivity contribution in [1.29, 1.82) is 0 Å². The zero-order chi connectivity index (χ0) is 21.1. The maximum Gasteiger partial charge on any atom is 0.0562 e. The van der Waals surface area contributed by atoms with Crippen LogP contribution in [0.25, 0.3) is 59.1 Å². The second-order valence-corrected chi connectivity index (χ2v) is 9.33. The summed E-state index contributed by atoms with van der Waals surface area (Å²) in [7, 11) is 0. The summed E-state index contributed by atoms with van der Waals surface area (Å²) in [5, 5.41) is 2.76. The van der Waals surface area contributed by atoms with Gasteiger partial charge in [-0.1, -0.05) is 78.9 Å². The Morgan fingerprint density at radius 1 is 0.438 bits per heavy atom. The Bertz CT molecular complexity index is 1580. The number of nitrogens with zero attached hydrogens (tertiary/aromatic N) is 1. The van der Waals surface area contributed by atoms with E-state index >= 15 is 0 Å². The molecular formula is C30H19NS. The number of aromatic nitrogens is 1. The molecule has 32 heavy (non-hydrogen) atoms. The van der Waals surface area contributed by atoms with Crippen molar-refractivity contribution in [3.05, 3.63) is 115 Å². The molecule has 0 spiro atoms. The van der Waals surface area contributed by atoms with Crippen LogP contribution in [0.5, 0.6) is 0 Å². The predicted octanol–water partition coefficient (Wildman–Crippen LogP) is 8.77. The maximum atomic E-state index is 2.44. The van der Waals surface area contributed by atoms with E-state index in [1.54, 1.807) is 0 Å². The minimum absolute atomic E-state index is 1.20. The van der Waals surface area contributed by atoms with Crippen LogP contribution in [0.1, 0.15) is 0 Å². The molecule has 0 bridgehead atoms. The number of hydrogen-bond acceptors (Lipinski definition) is 1. The van der Waals surface area contributed by atoms with E-state index in [9.17, 15) is 0 Å². The summed E-state index contributed by atoms with van der Waals surface area (Å²) in [4.78, 5) is 0. The van der Waals surface area contributed by atoms with Gasteiger partial charge in [-0.3, -0.25) is 0 Å². The highest BCUT2D eigenvalue weighted by Gasteiger charge is 2.21. The van der Waals surface area contributed by atoms with Crippen molar-refractivity contribution in [3.8, 4) is 27.9 Å². The first kappa shape index (κ1) is 17.8. The van der Waals surface area contributed by atoms with Crippen molar-refractivity contribution in [2.24, 2.45) is 0 Å². The first-order chi connectivity index (χ1) is 15.9. The van der Waals surface area contributed by atoms with Gasteiger partial charge in [-0.15, -0.1) is 11.3 Å². The fraction of sp³-hybridized carbons (Fsp3) is 0. The van der Waals surface area contributed by atoms with Gasteiger partial charge in [0.1, 0.15) is 0 Å². The second kappa shape index (κ2) is 6.81. The molecule has 7 rings (SSSR count). The van der Waals surface area contributed by atoms with Crippen LogP contribution >= 0.6 is 11.3 Å². The molecule has 7 aromatic rings. The van der Waals surface area contributed by atoms with Crippen molar-refractivity contribution in [2.45, 2.75) is 0 Å². The van der Waals surface area contributed by atoms with E-state index in [-0.39, 0.29) is 0 Å². The van der Waals surface area contributed by atoms with Crippen LogP contribution < -0.4 is 0 Å². The molecule has 0 fully saturated rings. The summed E-state index contributed by atoms with van der Waals surface area (Å²) >= 11 is 1.90. The van der Waals surface area contributed by atoms with Crippen LogP contribution in [0, 0.1) is 0 Å². The molecule has 2 heterocycles. The normalized spacial score (nSPS) is 11.8. The van der Waals surface area contributed by atoms with E-state index in [0.29, 0.717) is 0 Å². The zero-order valence-electron chi connectivity index (χ0n) is 17.3. The Labute approximate surface area is 190 Å². The minimum atomic E-state index is 1.20. The van der Waals surface area contributed by atoms with Crippen molar-refractivity contribution in [1.82, 2.24) is 4.57 Å². The van der Waals surface area contributed by atoms with Gasteiger partial charge in [0.15, 0.2) is 0 Å². The second-order valence-electron chi connectivity index (χ2n) is 8.24. The highest BCUT2D eigenvalue weighted by molar-refractivity contribution is 7.26. The van der Waals surface area contributed by atoms with Crippen molar-refractivity contribution in [2.75, 3.05) is 0 Å². The lowest BCUT2D eigenvalue weighted by atomic mass is 10.0. The first-order valence-electron chi connectivity index (χ1n) is 10.9. The molecule has 2 heteroatoms. The Hall–Kier alpha value is -3.88. The molecule has 2 aromatic heterocycles. The molecular weight excluding hydrogens is 406 g/mol. The van der Waals surface area contributed by atoms with Gasteiger partial charge in [0, 0.05) is 25.9 Å². The minimum Gasteiger partial charge on any atom is -0.309 e. The molecule has 0 saturated heterocycles. The molecule has 0 N–H and O–H groups in total. The van der Waals surface area contributed by atoms with E-state index in [1.807, 2.05) is 11.3 Å². The van der Waals surface area contributed by atoms with Crippen LogP contribution in [0.15, 0.2) is 115 Å². The van der Waals surface area contributed by atoms with Crippen molar-refractivity contribution < 1.29 is 0 Å². The van der Waals surface area contributed by atoms with Crippen LogP contribution in [-0.4, -0.2) is 4.57 Å². The van der Waals surface area contributed by atoms with E-state index in [0.717, 1.165) is 0 Å². The Balaban J connectivity index is 1.63. The third-order valence-corrected chi connectivity index (χ3v) is 7.43. The molecule has 0 saturated carbocycles. The highest BCUT2D eigenvalue weighted by Crippen LogP contribution is 2.47. The highest BCUT2D eigenvalue weighted by atomic mass is 32.1. The fourth-order valence-electron chi connectivity index (χ4n) is 4.92. The molecule has 0 aliphatic carbocycles. The lowest BCUT2D eigenvalue weighted by molar-refractivity contribution is 1.18. The SMILES string of the molecule is c1ccc(-c2cc3sc4cc(-c5ccccc5)cc5c4c3c(c2)n5-c2ccccc2)cc1. The van der Waals surface area contributed by atoms with E-state index in [2.05, 4.69) is 120 Å². The largest absolute Gasteiger partial charge is 0.309 e. The Morgan fingerprint density at radius 3 is 1.34 bits per heavy atom. The number of hydrogen-bond donors (Lipinski definition) is 0. The van der Waals surface area contributed by atoms with Gasteiger partial charge in [0.05, 0.1) is 11.0 Å². The van der Waals surface area contributed by atoms with Gasteiger partial charge in [-0.25, -0.2) is 0 Å². The third kappa shape index (κ3) is 2.57. The molecule has 150 valence electrons. The van der Waals surface area contributed by atoms with Crippen LogP contribution in [0.3, 0.4) is 0 Å². The number of rotatable bonds is 3. The lowest BCUT2D eigenvalue weighted by Gasteiger charge is -2.11. The topological polar surface area (TPSA) is 4.93 Å². The third-order valence-electron chi connectivity index (χ3n) is 6.34. The average Bonchev–Trinajstić information content (AvgIpc) is 3.41. The number of benzene rings is 5. The Kier molecular flexibility index (Phi) is 3.78. The van der Waals surface area contributed by atoms with Crippen LogP contribution in [-0.2, 0) is 0 Å². The molecule has 0 unspecified atom stereocenters. The summed E-state index contributed by atoms with van der Waals surface area (Å²) in [5.41, 5.74) is 8.80. The molecule has 0 radical (unpaired) electrons. The van der Waals surface area contributed by atoms with Crippen molar-refractivity contribution in [3.63, 3.8) is 0 Å². The standard InChI is InChI=1S/C30H19NS/c1-4-10-20(11-5-1)22-16-25-29-27(18-22)32-28-19-23(21-12-6-2-7-13-21)17-26(30(28)29)31(25)24-14-8-3-9-15-24/h1-19H. The fourth-order valence-corrected chi connectivity index (χ4v) is 6.14. The molecule has 5 aromatic carbocycles. The maximum absolute atomic E-state index is 2.44. The van der Waals surface area contributed by atoms with E-state index in [4.69, 9.17) is 0 Å². The smallest absolute Gasteiger partial charge is 0.0562 e. The summed E-state index contributed by atoms with van der Waals surface area (Å²) in [6.07, 6.45) is 0. The monoisotopic (exact) mass is 425 g/mol. The summed E-state index contributed by atoms with van der Waals surface area (Å²) in [5.74, 6) is 0. The van der Waals surface area contributed by atoms with E-state index < -0.39 is 0 Å². The molecule has 0 aliphatic heterocycles. The molecule has 0 atom stereocenters. The van der Waals surface area contributed by atoms with Gasteiger partial charge >= 0.3 is 0 Å². The lowest BCUT2D eigenvalue weighted by Crippen LogP contribution is -1.94. The summed E-state index contributed by atoms with van der Waals surface area (Å²) in [6, 6.07) is 41.6. The number of thiophene rings is 1. The van der Waals surface area contributed by atoms with Crippen LogP contribution in [0.4, 0.5) is 0 Å². The first-order valence-corrected chi connectivity index (χ1v) is 11.7. The summed E-state index contributed by atoms with van der Waals surface area (Å²) < 4.78 is 5.14. The van der Waals surface area contributed by atoms with Gasteiger partial charge in [-0.05, 0) is 58.7 Å². The van der Waals surface area contributed by atoms with Crippen molar-refractivity contribution >= 4 is 42.5 Å². The summed E-state index contributed by atoms with van der Waals surface area (Å²) in [6.45, 7) is 0. The molecule has 1 nitrogen and oxygen atoms in total. The van der Waals surface area contributed by atoms with Gasteiger partial charge < -0.3 is 4.57 Å². The molecule has 0 aliphatic rings. The quantitative estimate of drug-likeness (QED) is 0.267. The Morgan fingerprint density at radius 2 is 0.875 bits per heavy atom.